The van der Waals surface area contributed by atoms with Crippen LogP contribution in [0, 0.1) is 29.6 Å². The first-order valence-corrected chi connectivity index (χ1v) is 16.0. The predicted molar refractivity (Wildman–Crippen MR) is 179 cm³/mol. The maximum absolute atomic E-state index is 15.0. The van der Waals surface area contributed by atoms with Gasteiger partial charge in [-0.15, -0.1) is 0 Å². The Labute approximate surface area is 282 Å². The average molecular weight is 659 g/mol. The number of aromatic hydroxyl groups is 1. The van der Waals surface area contributed by atoms with Crippen LogP contribution in [0.5, 0.6) is 17.2 Å². The summed E-state index contributed by atoms with van der Waals surface area (Å²) in [5, 5.41) is 10.5. The van der Waals surface area contributed by atoms with Gasteiger partial charge >= 0.3 is 6.03 Å². The normalized spacial score (nSPS) is 27.6. The van der Waals surface area contributed by atoms with Crippen LogP contribution in [0.3, 0.4) is 0 Å². The molecule has 10 heteroatoms. The number of methoxy groups -OCH3 is 2. The molecule has 3 aromatic carbocycles. The number of imide groups is 3. The standard InChI is InChI=1S/C39H34N2O8/c1-48-30-17-21(18-31(49-2)35(30)44)13-16-28-24-14-15-25-33(37(46)41(36(25)45)38(40)47)27(24)19-29-34(43)26(22-9-5-3-6-10-22)20-32(42)39(28,29)23-11-7-4-8-12-23/h3-14,16-18,20,25,27-29,33,44H,15,19H2,1-2H3,(H2,40,47). The minimum absolute atomic E-state index is 0.105. The summed E-state index contributed by atoms with van der Waals surface area (Å²) in [6.45, 7) is 0. The molecule has 3 aliphatic carbocycles. The van der Waals surface area contributed by atoms with Crippen molar-refractivity contribution in [2.45, 2.75) is 18.3 Å². The van der Waals surface area contributed by atoms with Crippen molar-refractivity contribution in [1.82, 2.24) is 4.90 Å². The molecule has 4 amide bonds. The van der Waals surface area contributed by atoms with Gasteiger partial charge in [0.1, 0.15) is 0 Å². The number of nitrogens with two attached hydrogens (primary N) is 1. The quantitative estimate of drug-likeness (QED) is 0.281. The van der Waals surface area contributed by atoms with Gasteiger partial charge in [-0.05, 0) is 53.7 Å². The van der Waals surface area contributed by atoms with Crippen LogP contribution in [0.15, 0.2) is 96.6 Å². The molecule has 0 radical (unpaired) electrons. The highest BCUT2D eigenvalue weighted by Crippen LogP contribution is 2.61. The van der Waals surface area contributed by atoms with Crippen molar-refractivity contribution < 1.29 is 38.6 Å². The van der Waals surface area contributed by atoms with Crippen molar-refractivity contribution in [2.24, 2.45) is 35.3 Å². The number of nitrogens with zero attached hydrogens (tertiary/aromatic N) is 1. The molecular weight excluding hydrogens is 624 g/mol. The third-order valence-corrected chi connectivity index (χ3v) is 10.6. The number of carbonyl (C=O) groups is 5. The number of primary amides is 1. The van der Waals surface area contributed by atoms with Crippen LogP contribution < -0.4 is 15.2 Å². The SMILES string of the molecule is COc1cc(C=CC2C3=CCC4C(=O)N(C(N)=O)C(=O)C4C3CC3C(=O)C(c4ccccc4)=CC(=O)C23c2ccccc2)cc(OC)c1O. The Hall–Kier alpha value is -5.77. The first-order valence-electron chi connectivity index (χ1n) is 16.0. The number of allylic oxidation sites excluding steroid dienone is 5. The molecule has 1 heterocycles. The molecule has 6 atom stereocenters. The minimum atomic E-state index is -1.40. The van der Waals surface area contributed by atoms with Crippen LogP contribution in [-0.2, 0) is 24.6 Å². The zero-order valence-corrected chi connectivity index (χ0v) is 26.9. The van der Waals surface area contributed by atoms with Crippen LogP contribution >= 0.6 is 0 Å². The second-order valence-corrected chi connectivity index (χ2v) is 12.8. The zero-order valence-electron chi connectivity index (χ0n) is 26.9. The highest BCUT2D eigenvalue weighted by atomic mass is 16.5. The highest BCUT2D eigenvalue weighted by Gasteiger charge is 2.65. The number of phenolic OH excluding ortho intramolecular Hbond substituents is 1. The first-order chi connectivity index (χ1) is 23.6. The summed E-state index contributed by atoms with van der Waals surface area (Å²) >= 11 is 0. The maximum atomic E-state index is 15.0. The molecule has 3 N–H and O–H groups in total. The number of phenols is 1. The summed E-state index contributed by atoms with van der Waals surface area (Å²) < 4.78 is 10.7. The Morgan fingerprint density at radius 2 is 1.55 bits per heavy atom. The number of ether oxygens (including phenoxy) is 2. The lowest BCUT2D eigenvalue weighted by atomic mass is 9.45. The molecule has 1 saturated carbocycles. The van der Waals surface area contributed by atoms with E-state index < -0.39 is 52.8 Å². The van der Waals surface area contributed by atoms with E-state index in [1.54, 1.807) is 42.5 Å². The second kappa shape index (κ2) is 12.0. The van der Waals surface area contributed by atoms with Gasteiger partial charge < -0.3 is 20.3 Å². The smallest absolute Gasteiger partial charge is 0.328 e. The van der Waals surface area contributed by atoms with Crippen molar-refractivity contribution in [2.75, 3.05) is 14.2 Å². The van der Waals surface area contributed by atoms with Crippen molar-refractivity contribution in [3.05, 3.63) is 113 Å². The lowest BCUT2D eigenvalue weighted by Crippen LogP contribution is -2.59. The number of likely N-dealkylation sites (tertiary alicyclic amines) is 1. The second-order valence-electron chi connectivity index (χ2n) is 12.8. The molecule has 248 valence electrons. The average Bonchev–Trinajstić information content (AvgIpc) is 3.38. The van der Waals surface area contributed by atoms with Gasteiger partial charge in [-0.1, -0.05) is 84.5 Å². The molecule has 10 nitrogen and oxygen atoms in total. The summed E-state index contributed by atoms with van der Waals surface area (Å²) in [5.74, 6) is -5.69. The predicted octanol–water partition coefficient (Wildman–Crippen LogP) is 4.86. The molecule has 1 saturated heterocycles. The number of rotatable bonds is 6. The number of ketones is 2. The molecule has 7 rings (SSSR count). The molecule has 2 fully saturated rings. The van der Waals surface area contributed by atoms with Crippen LogP contribution in [0.1, 0.15) is 29.5 Å². The van der Waals surface area contributed by atoms with Gasteiger partial charge in [0.25, 0.3) is 0 Å². The van der Waals surface area contributed by atoms with Gasteiger partial charge in [0, 0.05) is 17.4 Å². The summed E-state index contributed by atoms with van der Waals surface area (Å²) in [7, 11) is 2.84. The van der Waals surface area contributed by atoms with E-state index in [9.17, 15) is 29.1 Å². The van der Waals surface area contributed by atoms with Crippen molar-refractivity contribution in [3.8, 4) is 17.2 Å². The van der Waals surface area contributed by atoms with Crippen LogP contribution in [0.2, 0.25) is 0 Å². The third kappa shape index (κ3) is 4.73. The van der Waals surface area contributed by atoms with Crippen LogP contribution in [0.4, 0.5) is 4.79 Å². The third-order valence-electron chi connectivity index (χ3n) is 10.6. The van der Waals surface area contributed by atoms with E-state index in [-0.39, 0.29) is 47.2 Å². The zero-order chi connectivity index (χ0) is 34.6. The number of urea groups is 1. The molecule has 49 heavy (non-hydrogen) atoms. The molecule has 1 aliphatic heterocycles. The fourth-order valence-corrected chi connectivity index (χ4v) is 8.56. The largest absolute Gasteiger partial charge is 0.502 e. The maximum Gasteiger partial charge on any atom is 0.328 e. The molecule has 0 bridgehead atoms. The monoisotopic (exact) mass is 658 g/mol. The number of amides is 4. The van der Waals surface area contributed by atoms with Gasteiger partial charge in [-0.2, -0.15) is 4.90 Å². The van der Waals surface area contributed by atoms with Crippen molar-refractivity contribution in [1.29, 1.82) is 0 Å². The van der Waals surface area contributed by atoms with E-state index in [1.165, 1.54) is 20.3 Å². The first kappa shape index (κ1) is 31.8. The van der Waals surface area contributed by atoms with Gasteiger partial charge in [0.15, 0.2) is 23.1 Å². The van der Waals surface area contributed by atoms with E-state index in [4.69, 9.17) is 15.2 Å². The summed E-state index contributed by atoms with van der Waals surface area (Å²) in [6, 6.07) is 20.3. The van der Waals surface area contributed by atoms with E-state index >= 15 is 0 Å². The summed E-state index contributed by atoms with van der Waals surface area (Å²) in [5.41, 5.74) is 6.95. The highest BCUT2D eigenvalue weighted by molar-refractivity contribution is 6.31. The lowest BCUT2D eigenvalue weighted by Gasteiger charge is -2.54. The van der Waals surface area contributed by atoms with Crippen molar-refractivity contribution in [3.63, 3.8) is 0 Å². The Morgan fingerprint density at radius 3 is 2.16 bits per heavy atom. The molecule has 3 aromatic rings. The molecule has 0 aromatic heterocycles. The Kier molecular flexibility index (Phi) is 7.81. The van der Waals surface area contributed by atoms with E-state index in [1.807, 2.05) is 48.6 Å². The fraction of sp³-hybridized carbons (Fsp3) is 0.256. The van der Waals surface area contributed by atoms with Crippen LogP contribution in [0.25, 0.3) is 11.6 Å². The lowest BCUT2D eigenvalue weighted by molar-refractivity contribution is -0.137. The van der Waals surface area contributed by atoms with Gasteiger partial charge in [-0.3, -0.25) is 19.2 Å². The van der Waals surface area contributed by atoms with Gasteiger partial charge in [0.05, 0.1) is 31.5 Å². The van der Waals surface area contributed by atoms with Crippen molar-refractivity contribution >= 4 is 41.1 Å². The van der Waals surface area contributed by atoms with E-state index in [0.717, 1.165) is 5.57 Å². The Morgan fingerprint density at radius 1 is 0.918 bits per heavy atom. The fourth-order valence-electron chi connectivity index (χ4n) is 8.56. The molecule has 4 aliphatic rings. The molecular formula is C39H34N2O8. The van der Waals surface area contributed by atoms with E-state index in [2.05, 4.69) is 0 Å². The number of hydrogen-bond acceptors (Lipinski definition) is 8. The number of Topliss-reactive ketones (excluding diaryl/α,β-unsaturated/α-hetero) is 1. The molecule has 6 unspecified atom stereocenters. The van der Waals surface area contributed by atoms with Crippen LogP contribution in [-0.4, -0.2) is 53.6 Å². The number of fused-ring (bicyclic) bond motifs is 4. The number of hydrogen-bond donors (Lipinski definition) is 2. The summed E-state index contributed by atoms with van der Waals surface area (Å²) in [6.07, 6.45) is 7.23. The Bertz CT molecular complexity index is 1970. The summed E-state index contributed by atoms with van der Waals surface area (Å²) in [4.78, 5) is 69.7. The Balaban J connectivity index is 1.47. The van der Waals surface area contributed by atoms with Gasteiger partial charge in [0.2, 0.25) is 17.6 Å². The van der Waals surface area contributed by atoms with E-state index in [0.29, 0.717) is 21.6 Å². The topological polar surface area (TPSA) is 153 Å². The number of carbonyl (C=O) groups excluding carboxylic acids is 5. The number of benzene rings is 3. The minimum Gasteiger partial charge on any atom is -0.502 e. The van der Waals surface area contributed by atoms with Gasteiger partial charge in [-0.25, -0.2) is 4.79 Å². The molecule has 0 spiro atoms.